The Morgan fingerprint density at radius 2 is 1.81 bits per heavy atom. The fourth-order valence-corrected chi connectivity index (χ4v) is 5.73. The Morgan fingerprint density at radius 1 is 0.952 bits per heavy atom. The number of hydrogen-bond donors (Lipinski definition) is 2. The predicted octanol–water partition coefficient (Wildman–Crippen LogP) is 5.14. The van der Waals surface area contributed by atoms with E-state index < -0.39 is 0 Å². The van der Waals surface area contributed by atoms with Crippen molar-refractivity contribution in [1.29, 1.82) is 0 Å². The third-order valence-corrected chi connectivity index (χ3v) is 8.00. The highest BCUT2D eigenvalue weighted by Gasteiger charge is 2.22. The van der Waals surface area contributed by atoms with Gasteiger partial charge in [0, 0.05) is 79.7 Å². The van der Waals surface area contributed by atoms with Crippen molar-refractivity contribution in [2.24, 2.45) is 0 Å². The molecule has 216 valence electrons. The van der Waals surface area contributed by atoms with Gasteiger partial charge in [-0.2, -0.15) is 0 Å². The van der Waals surface area contributed by atoms with Gasteiger partial charge in [-0.1, -0.05) is 18.2 Å². The first kappa shape index (κ1) is 26.6. The largest absolute Gasteiger partial charge is 0.474 e. The molecule has 2 fully saturated rings. The molecule has 42 heavy (non-hydrogen) atoms. The van der Waals surface area contributed by atoms with Crippen LogP contribution in [0.25, 0.3) is 11.3 Å². The van der Waals surface area contributed by atoms with Crippen LogP contribution in [0.4, 0.5) is 11.4 Å². The van der Waals surface area contributed by atoms with Gasteiger partial charge in [-0.05, 0) is 41.5 Å². The van der Waals surface area contributed by atoms with E-state index in [9.17, 15) is 4.79 Å². The van der Waals surface area contributed by atoms with Gasteiger partial charge in [-0.3, -0.25) is 4.79 Å². The number of benzene rings is 2. The maximum Gasteiger partial charge on any atom is 0.250 e. The van der Waals surface area contributed by atoms with E-state index in [0.717, 1.165) is 96.4 Å². The summed E-state index contributed by atoms with van der Waals surface area (Å²) in [6.45, 7) is 5.00. The molecule has 3 aliphatic rings. The van der Waals surface area contributed by atoms with Crippen LogP contribution in [0.15, 0.2) is 71.7 Å². The summed E-state index contributed by atoms with van der Waals surface area (Å²) in [4.78, 5) is 22.3. The van der Waals surface area contributed by atoms with Crippen LogP contribution in [-0.4, -0.2) is 55.6 Å². The van der Waals surface area contributed by atoms with Gasteiger partial charge in [-0.25, -0.2) is 4.98 Å². The van der Waals surface area contributed by atoms with Crippen molar-refractivity contribution >= 4 is 11.4 Å². The number of fused-ring (bicyclic) bond motifs is 2. The standard InChI is InChI=1S/C33H34N4O5/c38-31-19-26(37-10-14-40-15-11-37)18-29(36-31)28-3-1-2-23-16-24-17-25(5-6-30(24)42-33(23)28)34-20-22-4-7-32(35-21-22)41-27-8-12-39-13-9-27/h1-7,17-19,21,27,34H,8-16,20H2,(H,36,38). The van der Waals surface area contributed by atoms with Crippen molar-refractivity contribution in [3.8, 4) is 28.6 Å². The Morgan fingerprint density at radius 3 is 2.64 bits per heavy atom. The average Bonchev–Trinajstić information content (AvgIpc) is 3.04. The predicted molar refractivity (Wildman–Crippen MR) is 161 cm³/mol. The normalized spacial score (nSPS) is 16.7. The van der Waals surface area contributed by atoms with Crippen LogP contribution in [0, 0.1) is 0 Å². The van der Waals surface area contributed by atoms with E-state index in [0.29, 0.717) is 25.6 Å². The summed E-state index contributed by atoms with van der Waals surface area (Å²) >= 11 is 0. The second kappa shape index (κ2) is 11.9. The van der Waals surface area contributed by atoms with E-state index in [1.54, 1.807) is 6.07 Å². The maximum absolute atomic E-state index is 12.6. The number of aromatic amines is 1. The third-order valence-electron chi connectivity index (χ3n) is 8.00. The van der Waals surface area contributed by atoms with Gasteiger partial charge >= 0.3 is 0 Å². The van der Waals surface area contributed by atoms with Crippen molar-refractivity contribution in [2.45, 2.75) is 31.9 Å². The number of rotatable bonds is 7. The minimum atomic E-state index is -0.129. The zero-order chi connectivity index (χ0) is 28.3. The summed E-state index contributed by atoms with van der Waals surface area (Å²) in [6, 6.07) is 20.0. The number of nitrogens with one attached hydrogen (secondary N) is 2. The topological polar surface area (TPSA) is 97.9 Å². The molecular weight excluding hydrogens is 532 g/mol. The Labute approximate surface area is 244 Å². The zero-order valence-corrected chi connectivity index (χ0v) is 23.4. The first-order chi connectivity index (χ1) is 20.7. The van der Waals surface area contributed by atoms with Crippen molar-refractivity contribution in [3.63, 3.8) is 0 Å². The number of pyridine rings is 2. The number of para-hydroxylation sites is 1. The summed E-state index contributed by atoms with van der Waals surface area (Å²) < 4.78 is 23.3. The van der Waals surface area contributed by atoms with E-state index in [1.165, 1.54) is 0 Å². The van der Waals surface area contributed by atoms with Crippen LogP contribution >= 0.6 is 0 Å². The highest BCUT2D eigenvalue weighted by molar-refractivity contribution is 5.74. The quantitative estimate of drug-likeness (QED) is 0.280. The SMILES string of the molecule is O=c1cc(N2CCOCC2)cc(-c2cccc3c2Oc2ccc(NCc4ccc(OC5CCOCC5)nc4)cc2C3)[nH]1. The van der Waals surface area contributed by atoms with Crippen molar-refractivity contribution in [2.75, 3.05) is 49.7 Å². The second-order valence-corrected chi connectivity index (χ2v) is 10.9. The van der Waals surface area contributed by atoms with Gasteiger partial charge < -0.3 is 34.1 Å². The highest BCUT2D eigenvalue weighted by Crippen LogP contribution is 2.43. The van der Waals surface area contributed by atoms with Crippen LogP contribution < -0.4 is 25.2 Å². The molecule has 2 aromatic carbocycles. The lowest BCUT2D eigenvalue weighted by Crippen LogP contribution is -2.36. The molecule has 0 saturated carbocycles. The van der Waals surface area contributed by atoms with Crippen LogP contribution in [0.5, 0.6) is 17.4 Å². The lowest BCUT2D eigenvalue weighted by molar-refractivity contribution is 0.0237. The lowest BCUT2D eigenvalue weighted by atomic mass is 9.96. The van der Waals surface area contributed by atoms with E-state index in [4.69, 9.17) is 18.9 Å². The maximum atomic E-state index is 12.6. The molecule has 0 bridgehead atoms. The fourth-order valence-electron chi connectivity index (χ4n) is 5.73. The van der Waals surface area contributed by atoms with Gasteiger partial charge in [0.2, 0.25) is 11.4 Å². The van der Waals surface area contributed by atoms with Gasteiger partial charge in [-0.15, -0.1) is 0 Å². The van der Waals surface area contributed by atoms with Crippen LogP contribution in [0.2, 0.25) is 0 Å². The van der Waals surface area contributed by atoms with E-state index >= 15 is 0 Å². The Hall–Kier alpha value is -4.34. The molecule has 0 spiro atoms. The lowest BCUT2D eigenvalue weighted by Gasteiger charge is -2.29. The first-order valence-electron chi connectivity index (χ1n) is 14.6. The molecule has 0 radical (unpaired) electrons. The summed E-state index contributed by atoms with van der Waals surface area (Å²) in [5, 5.41) is 3.51. The van der Waals surface area contributed by atoms with Crippen LogP contribution in [-0.2, 0) is 22.4 Å². The number of anilines is 2. The Kier molecular flexibility index (Phi) is 7.51. The Balaban J connectivity index is 1.04. The highest BCUT2D eigenvalue weighted by atomic mass is 16.5. The molecule has 0 unspecified atom stereocenters. The Bertz CT molecular complexity index is 1610. The minimum Gasteiger partial charge on any atom is -0.474 e. The van der Waals surface area contributed by atoms with Gasteiger partial charge in [0.15, 0.2) is 0 Å². The minimum absolute atomic E-state index is 0.129. The summed E-state index contributed by atoms with van der Waals surface area (Å²) in [5.41, 5.74) is 6.68. The number of H-pyrrole nitrogens is 1. The first-order valence-corrected chi connectivity index (χ1v) is 14.6. The number of hydrogen-bond acceptors (Lipinski definition) is 8. The van der Waals surface area contributed by atoms with Crippen LogP contribution in [0.3, 0.4) is 0 Å². The molecule has 2 aromatic heterocycles. The summed E-state index contributed by atoms with van der Waals surface area (Å²) in [6.07, 6.45) is 4.58. The third kappa shape index (κ3) is 5.84. The summed E-state index contributed by atoms with van der Waals surface area (Å²) in [7, 11) is 0. The second-order valence-electron chi connectivity index (χ2n) is 10.9. The number of aromatic nitrogens is 2. The molecule has 0 amide bonds. The molecule has 5 heterocycles. The number of nitrogens with zero attached hydrogens (tertiary/aromatic N) is 2. The average molecular weight is 567 g/mol. The molecule has 4 aromatic rings. The van der Waals surface area contributed by atoms with Crippen LogP contribution in [0.1, 0.15) is 29.5 Å². The summed E-state index contributed by atoms with van der Waals surface area (Å²) in [5.74, 6) is 2.27. The monoisotopic (exact) mass is 566 g/mol. The zero-order valence-electron chi connectivity index (χ0n) is 23.4. The number of morpholine rings is 1. The van der Waals surface area contributed by atoms with E-state index in [2.05, 4.69) is 32.3 Å². The molecule has 9 heteroatoms. The molecular formula is C33H34N4O5. The molecule has 0 atom stereocenters. The number of ether oxygens (including phenoxy) is 4. The van der Waals surface area contributed by atoms with E-state index in [-0.39, 0.29) is 11.7 Å². The smallest absolute Gasteiger partial charge is 0.250 e. The molecule has 9 nitrogen and oxygen atoms in total. The molecule has 2 saturated heterocycles. The molecule has 3 aliphatic heterocycles. The van der Waals surface area contributed by atoms with Crippen molar-refractivity contribution < 1.29 is 18.9 Å². The van der Waals surface area contributed by atoms with Crippen molar-refractivity contribution in [3.05, 3.63) is 93.9 Å². The molecule has 7 rings (SSSR count). The van der Waals surface area contributed by atoms with E-state index in [1.807, 2.05) is 48.7 Å². The molecule has 2 N–H and O–H groups in total. The van der Waals surface area contributed by atoms with Gasteiger partial charge in [0.05, 0.1) is 32.1 Å². The fraction of sp³-hybridized carbons (Fsp3) is 0.333. The molecule has 0 aliphatic carbocycles. The van der Waals surface area contributed by atoms with Gasteiger partial charge in [0.1, 0.15) is 17.6 Å². The van der Waals surface area contributed by atoms with Gasteiger partial charge in [0.25, 0.3) is 0 Å². The van der Waals surface area contributed by atoms with Crippen molar-refractivity contribution in [1.82, 2.24) is 9.97 Å².